The zero-order chi connectivity index (χ0) is 13.7. The molecule has 20 heavy (non-hydrogen) atoms. The number of carbonyl (C=O) groups is 1. The van der Waals surface area contributed by atoms with E-state index in [0.717, 1.165) is 23.6 Å². The predicted octanol–water partition coefficient (Wildman–Crippen LogP) is 2.68. The van der Waals surface area contributed by atoms with Crippen LogP contribution < -0.4 is 4.74 Å². The smallest absolute Gasteiger partial charge is 0.320 e. The molecule has 1 atom stereocenters. The molecule has 0 bridgehead atoms. The van der Waals surface area contributed by atoms with Gasteiger partial charge in [0.25, 0.3) is 0 Å². The van der Waals surface area contributed by atoms with Crippen LogP contribution in [0.2, 0.25) is 0 Å². The third-order valence-corrected chi connectivity index (χ3v) is 4.07. The Bertz CT molecular complexity index is 740. The van der Waals surface area contributed by atoms with Crippen LogP contribution in [-0.2, 0) is 4.79 Å². The normalized spacial score (nSPS) is 21.7. The van der Waals surface area contributed by atoms with Gasteiger partial charge in [-0.05, 0) is 47.9 Å². The van der Waals surface area contributed by atoms with Crippen molar-refractivity contribution < 1.29 is 14.6 Å². The van der Waals surface area contributed by atoms with Crippen molar-refractivity contribution in [3.63, 3.8) is 0 Å². The number of hydrogen-bond acceptors (Lipinski definition) is 4. The van der Waals surface area contributed by atoms with E-state index in [0.29, 0.717) is 5.75 Å². The van der Waals surface area contributed by atoms with Gasteiger partial charge in [-0.25, -0.2) is 0 Å². The number of aliphatic imine (C=N–C) groups is 1. The van der Waals surface area contributed by atoms with E-state index >= 15 is 0 Å². The number of rotatable bonds is 3. The first-order valence-corrected chi connectivity index (χ1v) is 6.66. The summed E-state index contributed by atoms with van der Waals surface area (Å²) in [5.41, 5.74) is -0.385. The summed E-state index contributed by atoms with van der Waals surface area (Å²) in [5.74, 6) is 0.586. The molecule has 1 unspecified atom stereocenters. The second-order valence-corrected chi connectivity index (χ2v) is 5.48. The SMILES string of the molecule is O=C(Oc1ccc2cc(O)ccc2c1)C1(C2C=N2)CC1. The standard InChI is InChI=1S/C16H13NO3/c18-12-3-1-11-8-13(4-2-10(11)7-12)20-15(19)16(5-6-16)14-9-17-14/h1-4,7-9,14,18H,5-6H2. The highest BCUT2D eigenvalue weighted by Crippen LogP contribution is 2.53. The zero-order valence-corrected chi connectivity index (χ0v) is 10.7. The molecule has 0 amide bonds. The molecule has 2 aromatic rings. The zero-order valence-electron chi connectivity index (χ0n) is 10.7. The summed E-state index contributed by atoms with van der Waals surface area (Å²) in [6, 6.07) is 10.6. The van der Waals surface area contributed by atoms with Gasteiger partial charge >= 0.3 is 5.97 Å². The van der Waals surface area contributed by atoms with Crippen LogP contribution in [-0.4, -0.2) is 23.3 Å². The summed E-state index contributed by atoms with van der Waals surface area (Å²) in [6.07, 6.45) is 3.54. The van der Waals surface area contributed by atoms with E-state index in [2.05, 4.69) is 4.99 Å². The van der Waals surface area contributed by atoms with Crippen molar-refractivity contribution in [2.45, 2.75) is 18.9 Å². The summed E-state index contributed by atoms with van der Waals surface area (Å²) in [4.78, 5) is 16.3. The van der Waals surface area contributed by atoms with Gasteiger partial charge in [-0.15, -0.1) is 0 Å². The molecule has 1 saturated carbocycles. The third kappa shape index (κ3) is 1.76. The molecule has 0 radical (unpaired) electrons. The second-order valence-electron chi connectivity index (χ2n) is 5.48. The van der Waals surface area contributed by atoms with Crippen molar-refractivity contribution >= 4 is 23.0 Å². The molecule has 2 aliphatic rings. The third-order valence-electron chi connectivity index (χ3n) is 4.07. The number of carbonyl (C=O) groups excluding carboxylic acids is 1. The maximum Gasteiger partial charge on any atom is 0.320 e. The summed E-state index contributed by atoms with van der Waals surface area (Å²) in [5, 5.41) is 11.3. The fourth-order valence-corrected chi connectivity index (χ4v) is 2.57. The number of phenolic OH excluding ortho intramolecular Hbond substituents is 1. The average Bonchev–Trinajstić information content (AvgIpc) is 3.28. The summed E-state index contributed by atoms with van der Waals surface area (Å²) < 4.78 is 5.50. The van der Waals surface area contributed by atoms with Gasteiger partial charge in [0.15, 0.2) is 0 Å². The van der Waals surface area contributed by atoms with E-state index in [1.807, 2.05) is 18.3 Å². The Morgan fingerprint density at radius 1 is 1.20 bits per heavy atom. The van der Waals surface area contributed by atoms with E-state index < -0.39 is 0 Å². The maximum absolute atomic E-state index is 12.2. The molecule has 2 aromatic carbocycles. The van der Waals surface area contributed by atoms with E-state index in [9.17, 15) is 9.90 Å². The van der Waals surface area contributed by atoms with Crippen LogP contribution >= 0.6 is 0 Å². The van der Waals surface area contributed by atoms with Crippen LogP contribution in [0.4, 0.5) is 0 Å². The minimum absolute atomic E-state index is 0.0624. The van der Waals surface area contributed by atoms with Gasteiger partial charge in [0.1, 0.15) is 17.5 Å². The first-order valence-electron chi connectivity index (χ1n) is 6.66. The summed E-state index contributed by atoms with van der Waals surface area (Å²) in [6.45, 7) is 0. The molecule has 1 N–H and O–H groups in total. The summed E-state index contributed by atoms with van der Waals surface area (Å²) in [7, 11) is 0. The number of benzene rings is 2. The highest BCUT2D eigenvalue weighted by Gasteiger charge is 2.59. The molecule has 1 heterocycles. The van der Waals surface area contributed by atoms with E-state index in [1.54, 1.807) is 24.3 Å². The Balaban J connectivity index is 1.59. The molecule has 1 aliphatic carbocycles. The molecule has 100 valence electrons. The predicted molar refractivity (Wildman–Crippen MR) is 75.2 cm³/mol. The number of hydrogen-bond donors (Lipinski definition) is 1. The van der Waals surface area contributed by atoms with Crippen LogP contribution in [0.3, 0.4) is 0 Å². The first-order chi connectivity index (χ1) is 9.67. The van der Waals surface area contributed by atoms with Crippen molar-refractivity contribution in [2.75, 3.05) is 0 Å². The van der Waals surface area contributed by atoms with Crippen molar-refractivity contribution in [1.29, 1.82) is 0 Å². The summed E-state index contributed by atoms with van der Waals surface area (Å²) >= 11 is 0. The highest BCUT2D eigenvalue weighted by atomic mass is 16.5. The molecular formula is C16H13NO3. The maximum atomic E-state index is 12.2. The Morgan fingerprint density at radius 2 is 1.90 bits per heavy atom. The Hall–Kier alpha value is -2.36. The number of nitrogens with zero attached hydrogens (tertiary/aromatic N) is 1. The molecule has 1 fully saturated rings. The van der Waals surface area contributed by atoms with Gasteiger partial charge in [-0.2, -0.15) is 0 Å². The number of phenols is 1. The fraction of sp³-hybridized carbons (Fsp3) is 0.250. The van der Waals surface area contributed by atoms with Gasteiger partial charge < -0.3 is 9.84 Å². The van der Waals surface area contributed by atoms with E-state index in [1.165, 1.54) is 0 Å². The van der Waals surface area contributed by atoms with Crippen molar-refractivity contribution in [3.05, 3.63) is 36.4 Å². The van der Waals surface area contributed by atoms with Crippen molar-refractivity contribution in [2.24, 2.45) is 10.4 Å². The largest absolute Gasteiger partial charge is 0.508 e. The molecule has 0 saturated heterocycles. The number of aromatic hydroxyl groups is 1. The highest BCUT2D eigenvalue weighted by molar-refractivity contribution is 5.94. The molecule has 0 aromatic heterocycles. The minimum atomic E-state index is -0.385. The Kier molecular flexibility index (Phi) is 2.19. The fourth-order valence-electron chi connectivity index (χ4n) is 2.57. The number of fused-ring (bicyclic) bond motifs is 1. The number of esters is 1. The first kappa shape index (κ1) is 11.5. The Morgan fingerprint density at radius 3 is 2.60 bits per heavy atom. The molecule has 4 nitrogen and oxygen atoms in total. The van der Waals surface area contributed by atoms with Crippen LogP contribution in [0.5, 0.6) is 11.5 Å². The van der Waals surface area contributed by atoms with Gasteiger partial charge in [0.2, 0.25) is 0 Å². The van der Waals surface area contributed by atoms with Crippen molar-refractivity contribution in [3.8, 4) is 11.5 Å². The van der Waals surface area contributed by atoms with Crippen LogP contribution in [0.15, 0.2) is 41.4 Å². The van der Waals surface area contributed by atoms with Gasteiger partial charge in [0, 0.05) is 6.21 Å². The molecule has 4 rings (SSSR count). The lowest BCUT2D eigenvalue weighted by Gasteiger charge is -2.12. The van der Waals surface area contributed by atoms with Crippen LogP contribution in [0.1, 0.15) is 12.8 Å². The average molecular weight is 267 g/mol. The monoisotopic (exact) mass is 267 g/mol. The van der Waals surface area contributed by atoms with Crippen LogP contribution in [0.25, 0.3) is 10.8 Å². The molecular weight excluding hydrogens is 254 g/mol. The van der Waals surface area contributed by atoms with Crippen LogP contribution in [0, 0.1) is 5.41 Å². The number of ether oxygens (including phenoxy) is 1. The van der Waals surface area contributed by atoms with Gasteiger partial charge in [-0.1, -0.05) is 12.1 Å². The lowest BCUT2D eigenvalue weighted by molar-refractivity contribution is -0.140. The van der Waals surface area contributed by atoms with E-state index in [4.69, 9.17) is 4.74 Å². The lowest BCUT2D eigenvalue weighted by atomic mass is 10.0. The van der Waals surface area contributed by atoms with Gasteiger partial charge in [0.05, 0.1) is 5.41 Å². The topological polar surface area (TPSA) is 58.9 Å². The van der Waals surface area contributed by atoms with Crippen molar-refractivity contribution in [1.82, 2.24) is 0 Å². The molecule has 4 heteroatoms. The second kappa shape index (κ2) is 3.82. The molecule has 1 aliphatic heterocycles. The lowest BCUT2D eigenvalue weighted by Crippen LogP contribution is -2.27. The quantitative estimate of drug-likeness (QED) is 0.687. The van der Waals surface area contributed by atoms with Gasteiger partial charge in [-0.3, -0.25) is 9.79 Å². The molecule has 0 spiro atoms. The Labute approximate surface area is 115 Å². The van der Waals surface area contributed by atoms with E-state index in [-0.39, 0.29) is 23.2 Å². The minimum Gasteiger partial charge on any atom is -0.508 e.